The molecule has 0 spiro atoms. The van der Waals surface area contributed by atoms with Crippen molar-refractivity contribution in [3.8, 4) is 0 Å². The number of aliphatic hydroxyl groups is 1. The zero-order chi connectivity index (χ0) is 10.8. The van der Waals surface area contributed by atoms with Gasteiger partial charge in [-0.2, -0.15) is 0 Å². The van der Waals surface area contributed by atoms with Gasteiger partial charge in [-0.1, -0.05) is 17.7 Å². The predicted molar refractivity (Wildman–Crippen MR) is 64.6 cm³/mol. The van der Waals surface area contributed by atoms with Crippen molar-refractivity contribution in [1.82, 2.24) is 0 Å². The lowest BCUT2D eigenvalue weighted by Crippen LogP contribution is -2.33. The van der Waals surface area contributed by atoms with Gasteiger partial charge < -0.3 is 10.8 Å². The second kappa shape index (κ2) is 4.74. The molecule has 0 aromatic heterocycles. The van der Waals surface area contributed by atoms with Crippen LogP contribution in [0.2, 0.25) is 5.02 Å². The van der Waals surface area contributed by atoms with Gasteiger partial charge in [0.25, 0.3) is 0 Å². The van der Waals surface area contributed by atoms with Gasteiger partial charge in [0.1, 0.15) is 0 Å². The number of rotatable bonds is 2. The summed E-state index contributed by atoms with van der Waals surface area (Å²) in [7, 11) is 0. The molecule has 82 valence electrons. The van der Waals surface area contributed by atoms with E-state index in [0.29, 0.717) is 0 Å². The van der Waals surface area contributed by atoms with E-state index in [0.717, 1.165) is 17.2 Å². The minimum atomic E-state index is -0.161. The third-order valence-corrected chi connectivity index (χ3v) is 4.13. The van der Waals surface area contributed by atoms with Gasteiger partial charge in [-0.3, -0.25) is 0 Å². The molecule has 1 heterocycles. The molecule has 0 fully saturated rings. The van der Waals surface area contributed by atoms with Crippen molar-refractivity contribution < 1.29 is 5.11 Å². The summed E-state index contributed by atoms with van der Waals surface area (Å²) in [6.45, 7) is 0.0391. The number of nitrogens with two attached hydrogens (primary N) is 1. The summed E-state index contributed by atoms with van der Waals surface area (Å²) in [6.07, 6.45) is 1.03. The van der Waals surface area contributed by atoms with Crippen LogP contribution in [0.1, 0.15) is 17.9 Å². The van der Waals surface area contributed by atoms with Crippen molar-refractivity contribution in [3.63, 3.8) is 0 Å². The summed E-state index contributed by atoms with van der Waals surface area (Å²) in [5.41, 5.74) is 7.14. The predicted octanol–water partition coefficient (Wildman–Crippen LogP) is 2.24. The van der Waals surface area contributed by atoms with Crippen LogP contribution >= 0.6 is 23.4 Å². The summed E-state index contributed by atoms with van der Waals surface area (Å²) < 4.78 is 0. The number of hydrogen-bond donors (Lipinski definition) is 2. The molecule has 2 nitrogen and oxygen atoms in total. The molecular weight excluding hydrogens is 230 g/mol. The van der Waals surface area contributed by atoms with Crippen molar-refractivity contribution >= 4 is 23.4 Å². The first-order valence-corrected chi connectivity index (χ1v) is 6.37. The van der Waals surface area contributed by atoms with Crippen molar-refractivity contribution in [2.24, 2.45) is 5.73 Å². The van der Waals surface area contributed by atoms with Crippen LogP contribution in [0, 0.1) is 0 Å². The van der Waals surface area contributed by atoms with E-state index < -0.39 is 0 Å². The molecule has 4 heteroatoms. The molecule has 2 atom stereocenters. The van der Waals surface area contributed by atoms with Crippen molar-refractivity contribution in [2.75, 3.05) is 12.4 Å². The Morgan fingerprint density at radius 3 is 3.13 bits per heavy atom. The second-order valence-corrected chi connectivity index (χ2v) is 5.35. The molecule has 0 radical (unpaired) electrons. The smallest absolute Gasteiger partial charge is 0.0588 e. The summed E-state index contributed by atoms with van der Waals surface area (Å²) in [5, 5.41) is 9.87. The highest BCUT2D eigenvalue weighted by atomic mass is 35.5. The normalized spacial score (nSPS) is 22.2. The molecule has 0 saturated heterocycles. The van der Waals surface area contributed by atoms with Gasteiger partial charge in [-0.25, -0.2) is 0 Å². The largest absolute Gasteiger partial charge is 0.395 e. The molecule has 3 N–H and O–H groups in total. The van der Waals surface area contributed by atoms with Gasteiger partial charge in [0, 0.05) is 21.9 Å². The Bertz CT molecular complexity index is 358. The second-order valence-electron chi connectivity index (χ2n) is 3.77. The quantitative estimate of drug-likeness (QED) is 0.838. The fourth-order valence-corrected chi connectivity index (χ4v) is 3.39. The van der Waals surface area contributed by atoms with Crippen LogP contribution in [0.4, 0.5) is 0 Å². The number of thioether (sulfide) groups is 1. The minimum Gasteiger partial charge on any atom is -0.395 e. The van der Waals surface area contributed by atoms with E-state index >= 15 is 0 Å². The maximum Gasteiger partial charge on any atom is 0.0588 e. The number of halogens is 1. The molecule has 0 aliphatic carbocycles. The van der Waals surface area contributed by atoms with Gasteiger partial charge in [0.05, 0.1) is 6.61 Å². The van der Waals surface area contributed by atoms with E-state index in [2.05, 4.69) is 0 Å². The summed E-state index contributed by atoms with van der Waals surface area (Å²) in [4.78, 5) is 1.21. The van der Waals surface area contributed by atoms with Crippen LogP contribution < -0.4 is 5.73 Å². The first-order chi connectivity index (χ1) is 7.22. The summed E-state index contributed by atoms with van der Waals surface area (Å²) in [5.74, 6) is 1.31. The Labute approximate surface area is 98.8 Å². The number of hydrogen-bond acceptors (Lipinski definition) is 3. The van der Waals surface area contributed by atoms with Gasteiger partial charge in [-0.15, -0.1) is 11.8 Å². The van der Waals surface area contributed by atoms with Gasteiger partial charge in [-0.05, 0) is 29.9 Å². The Hall–Kier alpha value is -0.220. The van der Waals surface area contributed by atoms with E-state index in [9.17, 15) is 0 Å². The summed E-state index contributed by atoms with van der Waals surface area (Å²) in [6, 6.07) is 5.75. The molecule has 0 bridgehead atoms. The van der Waals surface area contributed by atoms with Gasteiger partial charge in [0.2, 0.25) is 0 Å². The minimum absolute atomic E-state index is 0.0391. The highest BCUT2D eigenvalue weighted by Gasteiger charge is 2.25. The van der Waals surface area contributed by atoms with Crippen LogP contribution in [0.5, 0.6) is 0 Å². The van der Waals surface area contributed by atoms with E-state index in [-0.39, 0.29) is 18.6 Å². The van der Waals surface area contributed by atoms with E-state index in [4.69, 9.17) is 22.4 Å². The number of benzene rings is 1. The van der Waals surface area contributed by atoms with Crippen LogP contribution in [-0.2, 0) is 0 Å². The van der Waals surface area contributed by atoms with Crippen LogP contribution in [-0.4, -0.2) is 23.5 Å². The lowest BCUT2D eigenvalue weighted by atomic mass is 9.89. The van der Waals surface area contributed by atoms with E-state index in [1.807, 2.05) is 30.0 Å². The molecule has 2 unspecified atom stereocenters. The molecule has 1 aliphatic rings. The zero-order valence-electron chi connectivity index (χ0n) is 8.32. The lowest BCUT2D eigenvalue weighted by Gasteiger charge is -2.28. The molecule has 0 amide bonds. The monoisotopic (exact) mass is 243 g/mol. The maximum atomic E-state index is 9.11. The lowest BCUT2D eigenvalue weighted by molar-refractivity contribution is 0.246. The fraction of sp³-hybridized carbons (Fsp3) is 0.455. The van der Waals surface area contributed by atoms with E-state index in [1.165, 1.54) is 10.5 Å². The Kier molecular flexibility index (Phi) is 3.57. The van der Waals surface area contributed by atoms with Crippen molar-refractivity contribution in [1.29, 1.82) is 0 Å². The van der Waals surface area contributed by atoms with Crippen LogP contribution in [0.25, 0.3) is 0 Å². The average molecular weight is 244 g/mol. The number of aliphatic hydroxyl groups excluding tert-OH is 1. The standard InChI is InChI=1S/C11H14ClNOS/c12-7-1-2-9-8(10(13)6-14)3-4-15-11(9)5-7/h1-2,5,8,10,14H,3-4,6,13H2. The summed E-state index contributed by atoms with van der Waals surface area (Å²) >= 11 is 7.76. The number of fused-ring (bicyclic) bond motifs is 1. The topological polar surface area (TPSA) is 46.2 Å². The Morgan fingerprint density at radius 2 is 2.40 bits per heavy atom. The zero-order valence-corrected chi connectivity index (χ0v) is 9.89. The molecule has 1 aromatic carbocycles. The van der Waals surface area contributed by atoms with Crippen LogP contribution in [0.3, 0.4) is 0 Å². The van der Waals surface area contributed by atoms with Gasteiger partial charge in [0.15, 0.2) is 0 Å². The van der Waals surface area contributed by atoms with Crippen molar-refractivity contribution in [3.05, 3.63) is 28.8 Å². The average Bonchev–Trinajstić information content (AvgIpc) is 2.26. The maximum absolute atomic E-state index is 9.11. The molecule has 1 aromatic rings. The third kappa shape index (κ3) is 2.31. The van der Waals surface area contributed by atoms with E-state index in [1.54, 1.807) is 0 Å². The molecule has 15 heavy (non-hydrogen) atoms. The Morgan fingerprint density at radius 1 is 1.60 bits per heavy atom. The molecular formula is C11H14ClNOS. The molecule has 0 saturated carbocycles. The highest BCUT2D eigenvalue weighted by molar-refractivity contribution is 7.99. The first kappa shape index (κ1) is 11.3. The fourth-order valence-electron chi connectivity index (χ4n) is 1.96. The molecule has 2 rings (SSSR count). The van der Waals surface area contributed by atoms with Crippen LogP contribution in [0.15, 0.2) is 23.1 Å². The first-order valence-electron chi connectivity index (χ1n) is 5.01. The van der Waals surface area contributed by atoms with Gasteiger partial charge >= 0.3 is 0 Å². The SMILES string of the molecule is NC(CO)C1CCSc2cc(Cl)ccc21. The highest BCUT2D eigenvalue weighted by Crippen LogP contribution is 2.39. The van der Waals surface area contributed by atoms with Crippen molar-refractivity contribution in [2.45, 2.75) is 23.3 Å². The third-order valence-electron chi connectivity index (χ3n) is 2.79. The Balaban J connectivity index is 2.34. The molecule has 1 aliphatic heterocycles.